The van der Waals surface area contributed by atoms with Crippen molar-refractivity contribution in [2.45, 2.75) is 31.2 Å². The van der Waals surface area contributed by atoms with Crippen LogP contribution < -0.4 is 5.32 Å². The number of rotatable bonds is 2. The molecule has 0 bridgehead atoms. The van der Waals surface area contributed by atoms with Crippen molar-refractivity contribution in [3.05, 3.63) is 42.5 Å². The quantitative estimate of drug-likeness (QED) is 0.919. The number of hydrogen-bond donors (Lipinski definition) is 1. The van der Waals surface area contributed by atoms with E-state index in [9.17, 15) is 4.79 Å². The van der Waals surface area contributed by atoms with Crippen LogP contribution in [0.15, 0.2) is 36.9 Å². The monoisotopic (exact) mass is 311 g/mol. The van der Waals surface area contributed by atoms with E-state index in [0.717, 1.165) is 32.5 Å². The summed E-state index contributed by atoms with van der Waals surface area (Å²) in [7, 11) is 0. The Bertz CT molecular complexity index is 704. The van der Waals surface area contributed by atoms with Gasteiger partial charge in [0.25, 0.3) is 0 Å². The highest BCUT2D eigenvalue weighted by Crippen LogP contribution is 2.43. The lowest BCUT2D eigenvalue weighted by Gasteiger charge is -2.40. The molecule has 1 spiro atoms. The van der Waals surface area contributed by atoms with Crippen LogP contribution in [0.1, 0.15) is 31.4 Å². The Morgan fingerprint density at radius 2 is 2.09 bits per heavy atom. The van der Waals surface area contributed by atoms with Gasteiger partial charge in [0.1, 0.15) is 18.7 Å². The molecule has 2 aliphatic heterocycles. The van der Waals surface area contributed by atoms with Crippen LogP contribution in [-0.2, 0) is 10.2 Å². The lowest BCUT2D eigenvalue weighted by molar-refractivity contribution is -0.136. The molecule has 1 aromatic carbocycles. The van der Waals surface area contributed by atoms with Crippen molar-refractivity contribution < 1.29 is 4.79 Å². The van der Waals surface area contributed by atoms with Crippen molar-refractivity contribution in [3.8, 4) is 0 Å². The zero-order chi connectivity index (χ0) is 15.9. The van der Waals surface area contributed by atoms with Gasteiger partial charge in [0.2, 0.25) is 5.91 Å². The maximum absolute atomic E-state index is 12.7. The number of anilines is 1. The van der Waals surface area contributed by atoms with E-state index >= 15 is 0 Å². The van der Waals surface area contributed by atoms with Gasteiger partial charge >= 0.3 is 0 Å². The Morgan fingerprint density at radius 1 is 1.30 bits per heavy atom. The van der Waals surface area contributed by atoms with Crippen molar-refractivity contribution in [3.63, 3.8) is 0 Å². The molecule has 6 heteroatoms. The van der Waals surface area contributed by atoms with Gasteiger partial charge in [-0.1, -0.05) is 18.2 Å². The molecule has 23 heavy (non-hydrogen) atoms. The number of piperidine rings is 1. The molecule has 6 nitrogen and oxygen atoms in total. The molecule has 1 atom stereocenters. The van der Waals surface area contributed by atoms with Gasteiger partial charge in [0, 0.05) is 30.7 Å². The van der Waals surface area contributed by atoms with E-state index in [2.05, 4.69) is 39.7 Å². The molecule has 0 radical (unpaired) electrons. The first-order valence-corrected chi connectivity index (χ1v) is 8.16. The fourth-order valence-corrected chi connectivity index (χ4v) is 3.86. The molecule has 2 aliphatic rings. The van der Waals surface area contributed by atoms with Crippen LogP contribution >= 0.6 is 0 Å². The standard InChI is InChI=1S/C17H21N5O/c1-13(22-12-18-11-20-22)16(23)21-8-6-17(7-9-21)10-19-15-5-3-2-4-14(15)17/h2-5,11-13,19H,6-10H2,1H3/t13-/m0/s1. The highest BCUT2D eigenvalue weighted by atomic mass is 16.2. The normalized spacial score (nSPS) is 20.1. The first-order chi connectivity index (χ1) is 11.2. The zero-order valence-corrected chi connectivity index (χ0v) is 13.3. The third-order valence-electron chi connectivity index (χ3n) is 5.34. The SMILES string of the molecule is C[C@@H](C(=O)N1CCC2(CC1)CNc1ccccc12)n1cncn1. The van der Waals surface area contributed by atoms with Crippen LogP contribution in [0.2, 0.25) is 0 Å². The summed E-state index contributed by atoms with van der Waals surface area (Å²) in [5, 5.41) is 7.60. The summed E-state index contributed by atoms with van der Waals surface area (Å²) in [5.41, 5.74) is 2.85. The second kappa shape index (κ2) is 5.37. The summed E-state index contributed by atoms with van der Waals surface area (Å²) in [6, 6.07) is 8.26. The van der Waals surface area contributed by atoms with E-state index in [1.807, 2.05) is 11.8 Å². The average molecular weight is 311 g/mol. The van der Waals surface area contributed by atoms with Gasteiger partial charge in [-0.15, -0.1) is 0 Å². The minimum Gasteiger partial charge on any atom is -0.384 e. The molecular weight excluding hydrogens is 290 g/mol. The van der Waals surface area contributed by atoms with Gasteiger partial charge in [-0.25, -0.2) is 9.67 Å². The molecule has 0 aliphatic carbocycles. The lowest BCUT2D eigenvalue weighted by Crippen LogP contribution is -2.47. The number of carbonyl (C=O) groups excluding carboxylic acids is 1. The molecule has 4 rings (SSSR count). The smallest absolute Gasteiger partial charge is 0.247 e. The van der Waals surface area contributed by atoms with E-state index in [0.29, 0.717) is 0 Å². The molecule has 0 unspecified atom stereocenters. The Morgan fingerprint density at radius 3 is 2.83 bits per heavy atom. The second-order valence-electron chi connectivity index (χ2n) is 6.56. The number of para-hydroxylation sites is 1. The Hall–Kier alpha value is -2.37. The first kappa shape index (κ1) is 14.2. The molecule has 1 saturated heterocycles. The van der Waals surface area contributed by atoms with Crippen LogP contribution in [0.25, 0.3) is 0 Å². The van der Waals surface area contributed by atoms with Crippen molar-refractivity contribution in [1.82, 2.24) is 19.7 Å². The second-order valence-corrected chi connectivity index (χ2v) is 6.56. The average Bonchev–Trinajstić information content (AvgIpc) is 3.24. The van der Waals surface area contributed by atoms with Crippen molar-refractivity contribution >= 4 is 11.6 Å². The Balaban J connectivity index is 1.47. The molecule has 1 N–H and O–H groups in total. The Kier molecular flexibility index (Phi) is 3.32. The fourth-order valence-electron chi connectivity index (χ4n) is 3.86. The predicted octanol–water partition coefficient (Wildman–Crippen LogP) is 1.83. The van der Waals surface area contributed by atoms with Gasteiger partial charge in [-0.2, -0.15) is 5.10 Å². The maximum Gasteiger partial charge on any atom is 0.247 e. The van der Waals surface area contributed by atoms with Gasteiger partial charge in [-0.05, 0) is 31.4 Å². The third kappa shape index (κ3) is 2.29. The number of likely N-dealkylation sites (tertiary alicyclic amines) is 1. The lowest BCUT2D eigenvalue weighted by atomic mass is 9.74. The van der Waals surface area contributed by atoms with E-state index in [1.165, 1.54) is 17.6 Å². The van der Waals surface area contributed by atoms with Gasteiger partial charge in [-0.3, -0.25) is 4.79 Å². The first-order valence-electron chi connectivity index (χ1n) is 8.16. The van der Waals surface area contributed by atoms with E-state index in [4.69, 9.17) is 0 Å². The topological polar surface area (TPSA) is 63.1 Å². The van der Waals surface area contributed by atoms with Crippen LogP contribution in [0.3, 0.4) is 0 Å². The van der Waals surface area contributed by atoms with Crippen molar-refractivity contribution in [2.75, 3.05) is 25.0 Å². The van der Waals surface area contributed by atoms with E-state index in [-0.39, 0.29) is 17.4 Å². The summed E-state index contributed by atoms with van der Waals surface area (Å²) in [6.45, 7) is 4.46. The summed E-state index contributed by atoms with van der Waals surface area (Å²) in [4.78, 5) is 18.6. The summed E-state index contributed by atoms with van der Waals surface area (Å²) >= 11 is 0. The number of amides is 1. The van der Waals surface area contributed by atoms with Crippen molar-refractivity contribution in [2.24, 2.45) is 0 Å². The van der Waals surface area contributed by atoms with Crippen molar-refractivity contribution in [1.29, 1.82) is 0 Å². The minimum absolute atomic E-state index is 0.129. The Labute approximate surface area is 135 Å². The fraction of sp³-hybridized carbons (Fsp3) is 0.471. The molecule has 1 amide bonds. The summed E-state index contributed by atoms with van der Waals surface area (Å²) < 4.78 is 1.62. The van der Waals surface area contributed by atoms with Gasteiger partial charge in [0.15, 0.2) is 0 Å². The minimum atomic E-state index is -0.291. The number of fused-ring (bicyclic) bond motifs is 2. The largest absolute Gasteiger partial charge is 0.384 e. The van der Waals surface area contributed by atoms with Gasteiger partial charge < -0.3 is 10.2 Å². The molecule has 0 saturated carbocycles. The maximum atomic E-state index is 12.7. The molecule has 1 aromatic heterocycles. The molecule has 1 fully saturated rings. The highest BCUT2D eigenvalue weighted by Gasteiger charge is 2.42. The highest BCUT2D eigenvalue weighted by molar-refractivity contribution is 5.80. The summed E-state index contributed by atoms with van der Waals surface area (Å²) in [5.74, 6) is 0.129. The number of nitrogens with one attached hydrogen (secondary N) is 1. The molecule has 2 aromatic rings. The number of carbonyl (C=O) groups is 1. The van der Waals surface area contributed by atoms with Gasteiger partial charge in [0.05, 0.1) is 0 Å². The van der Waals surface area contributed by atoms with Crippen LogP contribution in [0.5, 0.6) is 0 Å². The van der Waals surface area contributed by atoms with Crippen LogP contribution in [0, 0.1) is 0 Å². The molecule has 120 valence electrons. The number of hydrogen-bond acceptors (Lipinski definition) is 4. The van der Waals surface area contributed by atoms with Crippen LogP contribution in [0.4, 0.5) is 5.69 Å². The molecular formula is C17H21N5O. The predicted molar refractivity (Wildman–Crippen MR) is 87.2 cm³/mol. The summed E-state index contributed by atoms with van der Waals surface area (Å²) in [6.07, 6.45) is 5.08. The van der Waals surface area contributed by atoms with Crippen LogP contribution in [-0.4, -0.2) is 45.2 Å². The number of aromatic nitrogens is 3. The molecule has 3 heterocycles. The zero-order valence-electron chi connectivity index (χ0n) is 13.3. The number of benzene rings is 1. The number of nitrogens with zero attached hydrogens (tertiary/aromatic N) is 4. The third-order valence-corrected chi connectivity index (χ3v) is 5.34. The van der Waals surface area contributed by atoms with E-state index < -0.39 is 0 Å². The van der Waals surface area contributed by atoms with E-state index in [1.54, 1.807) is 11.0 Å².